The lowest BCUT2D eigenvalue weighted by Crippen LogP contribution is -2.34. The number of nitrogens with one attached hydrogen (secondary N) is 1. The van der Waals surface area contributed by atoms with E-state index < -0.39 is 0 Å². The molecule has 3 heterocycles. The van der Waals surface area contributed by atoms with Crippen molar-refractivity contribution in [2.24, 2.45) is 0 Å². The maximum absolute atomic E-state index is 13.6. The van der Waals surface area contributed by atoms with E-state index in [4.69, 9.17) is 5.10 Å². The fourth-order valence-electron chi connectivity index (χ4n) is 3.97. The molecule has 0 radical (unpaired) electrons. The number of aromatic nitrogens is 4. The van der Waals surface area contributed by atoms with Gasteiger partial charge in [-0.2, -0.15) is 5.10 Å². The second-order valence-corrected chi connectivity index (χ2v) is 9.18. The summed E-state index contributed by atoms with van der Waals surface area (Å²) in [7, 11) is 0. The number of hydrogen-bond donors (Lipinski definition) is 1. The third kappa shape index (κ3) is 4.35. The van der Waals surface area contributed by atoms with Crippen LogP contribution in [0.1, 0.15) is 49.8 Å². The van der Waals surface area contributed by atoms with Crippen molar-refractivity contribution in [3.8, 4) is 16.9 Å². The molecule has 0 fully saturated rings. The molecule has 0 unspecified atom stereocenters. The molecule has 33 heavy (non-hydrogen) atoms. The highest BCUT2D eigenvalue weighted by atomic mass is 32.1. The van der Waals surface area contributed by atoms with Crippen LogP contribution < -0.4 is 10.9 Å². The molecular weight excluding hydrogens is 434 g/mol. The summed E-state index contributed by atoms with van der Waals surface area (Å²) in [5, 5.41) is 9.60. The van der Waals surface area contributed by atoms with Crippen LogP contribution in [0.5, 0.6) is 0 Å². The van der Waals surface area contributed by atoms with Crippen LogP contribution in [-0.4, -0.2) is 31.1 Å². The first-order valence-corrected chi connectivity index (χ1v) is 12.2. The van der Waals surface area contributed by atoms with E-state index in [1.807, 2.05) is 62.0 Å². The van der Waals surface area contributed by atoms with Gasteiger partial charge in [-0.05, 0) is 51.3 Å². The largest absolute Gasteiger partial charge is 0.353 e. The van der Waals surface area contributed by atoms with Gasteiger partial charge >= 0.3 is 0 Å². The Morgan fingerprint density at radius 3 is 2.70 bits per heavy atom. The second kappa shape index (κ2) is 9.31. The third-order valence-corrected chi connectivity index (χ3v) is 6.80. The number of fused-ring (bicyclic) bond motifs is 1. The molecule has 0 aliphatic carbocycles. The Balaban J connectivity index is 1.79. The molecule has 0 saturated heterocycles. The molecule has 7 nitrogen and oxygen atoms in total. The van der Waals surface area contributed by atoms with E-state index in [1.165, 1.54) is 16.9 Å². The maximum Gasteiger partial charge on any atom is 0.268 e. The number of benzene rings is 1. The molecule has 1 amide bonds. The average Bonchev–Trinajstić information content (AvgIpc) is 3.36. The number of carbonyl (C=O) groups is 1. The molecule has 172 valence electrons. The maximum atomic E-state index is 13.6. The summed E-state index contributed by atoms with van der Waals surface area (Å²) < 4.78 is 3.44. The van der Waals surface area contributed by atoms with Crippen LogP contribution in [0.2, 0.25) is 0 Å². The van der Waals surface area contributed by atoms with Gasteiger partial charge in [0.05, 0.1) is 23.4 Å². The van der Waals surface area contributed by atoms with Gasteiger partial charge in [0.2, 0.25) is 5.91 Å². The Labute approximate surface area is 197 Å². The summed E-state index contributed by atoms with van der Waals surface area (Å²) >= 11 is 1.37. The monoisotopic (exact) mass is 463 g/mol. The normalized spacial score (nSPS) is 12.3. The number of nitrogens with zero attached hydrogens (tertiary/aromatic N) is 4. The summed E-state index contributed by atoms with van der Waals surface area (Å²) in [5.74, 6) is -0.102. The summed E-state index contributed by atoms with van der Waals surface area (Å²) in [6.07, 6.45) is 1.87. The van der Waals surface area contributed by atoms with Crippen molar-refractivity contribution in [1.29, 1.82) is 0 Å². The van der Waals surface area contributed by atoms with Gasteiger partial charge in [-0.3, -0.25) is 14.0 Å². The van der Waals surface area contributed by atoms with Gasteiger partial charge < -0.3 is 5.32 Å². The standard InChI is InChI=1S/C25H29N5O2S/c1-6-15(3)26-22(31)13-19-14-33-25-27-17(5)23(24(32)29(19)25)20-12-16(4)30(28-20)21-11-9-8-10-18(21)7-2/h8-12,14-15H,6-7,13H2,1-5H3,(H,26,31)/t15-/m0/s1. The lowest BCUT2D eigenvalue weighted by Gasteiger charge is -2.11. The van der Waals surface area contributed by atoms with Gasteiger partial charge in [0.15, 0.2) is 4.96 Å². The predicted octanol–water partition coefficient (Wildman–Crippen LogP) is 4.25. The fourth-order valence-corrected chi connectivity index (χ4v) is 4.90. The summed E-state index contributed by atoms with van der Waals surface area (Å²) in [6, 6.07) is 10.2. The van der Waals surface area contributed by atoms with Gasteiger partial charge in [-0.15, -0.1) is 11.3 Å². The van der Waals surface area contributed by atoms with Crippen LogP contribution in [0.3, 0.4) is 0 Å². The second-order valence-electron chi connectivity index (χ2n) is 8.34. The molecule has 1 aromatic carbocycles. The first kappa shape index (κ1) is 22.9. The number of carbonyl (C=O) groups excluding carboxylic acids is 1. The van der Waals surface area contributed by atoms with E-state index in [9.17, 15) is 9.59 Å². The zero-order valence-corrected chi connectivity index (χ0v) is 20.5. The minimum Gasteiger partial charge on any atom is -0.353 e. The van der Waals surface area contributed by atoms with Gasteiger partial charge in [-0.25, -0.2) is 9.67 Å². The van der Waals surface area contributed by atoms with Crippen LogP contribution >= 0.6 is 11.3 Å². The van der Waals surface area contributed by atoms with Crippen LogP contribution in [0, 0.1) is 13.8 Å². The number of para-hydroxylation sites is 1. The molecule has 4 rings (SSSR count). The molecule has 1 atom stereocenters. The van der Waals surface area contributed by atoms with Gasteiger partial charge in [0.25, 0.3) is 5.56 Å². The van der Waals surface area contributed by atoms with E-state index in [0.29, 0.717) is 27.6 Å². The highest BCUT2D eigenvalue weighted by molar-refractivity contribution is 7.15. The first-order chi connectivity index (χ1) is 15.8. The first-order valence-electron chi connectivity index (χ1n) is 11.3. The van der Waals surface area contributed by atoms with E-state index in [2.05, 4.69) is 23.3 Å². The van der Waals surface area contributed by atoms with Crippen LogP contribution in [0.4, 0.5) is 0 Å². The third-order valence-electron chi connectivity index (χ3n) is 5.93. The molecule has 0 aliphatic rings. The smallest absolute Gasteiger partial charge is 0.268 e. The summed E-state index contributed by atoms with van der Waals surface area (Å²) in [5.41, 5.74) is 5.26. The number of aryl methyl sites for hydroxylation is 3. The van der Waals surface area contributed by atoms with Gasteiger partial charge in [0, 0.05) is 22.8 Å². The van der Waals surface area contributed by atoms with Gasteiger partial charge in [0.1, 0.15) is 5.69 Å². The SMILES string of the molecule is CCc1ccccc1-n1nc(-c2c(C)nc3scc(CC(=O)N[C@@H](C)CC)n3c2=O)cc1C. The highest BCUT2D eigenvalue weighted by Gasteiger charge is 2.20. The fraction of sp³-hybridized carbons (Fsp3) is 0.360. The molecule has 0 saturated carbocycles. The van der Waals surface area contributed by atoms with Crippen LogP contribution in [-0.2, 0) is 17.6 Å². The minimum atomic E-state index is -0.196. The quantitative estimate of drug-likeness (QED) is 0.444. The Morgan fingerprint density at radius 2 is 1.97 bits per heavy atom. The summed E-state index contributed by atoms with van der Waals surface area (Å²) in [4.78, 5) is 31.3. The Hall–Kier alpha value is -3.26. The molecular formula is C25H29N5O2S. The zero-order chi connectivity index (χ0) is 23.7. The van der Waals surface area contributed by atoms with Crippen molar-refractivity contribution in [3.05, 3.63) is 68.7 Å². The molecule has 1 N–H and O–H groups in total. The van der Waals surface area contributed by atoms with E-state index in [-0.39, 0.29) is 23.9 Å². The van der Waals surface area contributed by atoms with Crippen molar-refractivity contribution in [1.82, 2.24) is 24.5 Å². The van der Waals surface area contributed by atoms with E-state index in [0.717, 1.165) is 24.2 Å². The average molecular weight is 464 g/mol. The lowest BCUT2D eigenvalue weighted by atomic mass is 10.1. The zero-order valence-electron chi connectivity index (χ0n) is 19.7. The van der Waals surface area contributed by atoms with Gasteiger partial charge in [-0.1, -0.05) is 32.0 Å². The van der Waals surface area contributed by atoms with Crippen LogP contribution in [0.25, 0.3) is 21.9 Å². The number of amides is 1. The molecule has 0 aliphatic heterocycles. The predicted molar refractivity (Wildman–Crippen MR) is 132 cm³/mol. The Bertz CT molecular complexity index is 1380. The highest BCUT2D eigenvalue weighted by Crippen LogP contribution is 2.24. The van der Waals surface area contributed by atoms with Crippen molar-refractivity contribution in [3.63, 3.8) is 0 Å². The van der Waals surface area contributed by atoms with Crippen molar-refractivity contribution in [2.75, 3.05) is 0 Å². The summed E-state index contributed by atoms with van der Waals surface area (Å²) in [6.45, 7) is 9.92. The molecule has 3 aromatic heterocycles. The molecule has 0 bridgehead atoms. The van der Waals surface area contributed by atoms with Crippen molar-refractivity contribution < 1.29 is 4.79 Å². The lowest BCUT2D eigenvalue weighted by molar-refractivity contribution is -0.121. The Kier molecular flexibility index (Phi) is 6.47. The minimum absolute atomic E-state index is 0.0907. The number of rotatable bonds is 7. The topological polar surface area (TPSA) is 81.3 Å². The van der Waals surface area contributed by atoms with E-state index in [1.54, 1.807) is 4.40 Å². The number of thiazole rings is 1. The van der Waals surface area contributed by atoms with E-state index >= 15 is 0 Å². The number of hydrogen-bond acceptors (Lipinski definition) is 5. The molecule has 4 aromatic rings. The van der Waals surface area contributed by atoms with Crippen LogP contribution in [0.15, 0.2) is 40.5 Å². The van der Waals surface area contributed by atoms with Crippen molar-refractivity contribution >= 4 is 22.2 Å². The molecule has 0 spiro atoms. The molecule has 8 heteroatoms. The Morgan fingerprint density at radius 1 is 1.21 bits per heavy atom. The van der Waals surface area contributed by atoms with Crippen molar-refractivity contribution in [2.45, 2.75) is 59.9 Å².